The molecule has 11 nitrogen and oxygen atoms in total. The Kier molecular flexibility index (Phi) is 5.70. The van der Waals surface area contributed by atoms with Gasteiger partial charge in [-0.1, -0.05) is 11.6 Å². The second-order valence-corrected chi connectivity index (χ2v) is 7.30. The fourth-order valence-electron chi connectivity index (χ4n) is 3.15. The van der Waals surface area contributed by atoms with Crippen molar-refractivity contribution in [2.24, 2.45) is 0 Å². The van der Waals surface area contributed by atoms with E-state index in [0.717, 1.165) is 0 Å². The molecule has 0 saturated heterocycles. The van der Waals surface area contributed by atoms with Crippen LogP contribution in [0.1, 0.15) is 17.8 Å². The molecule has 0 atom stereocenters. The van der Waals surface area contributed by atoms with E-state index >= 15 is 0 Å². The number of nitrogens with zero attached hydrogens (tertiary/aromatic N) is 8. The van der Waals surface area contributed by atoms with Gasteiger partial charge in [0.15, 0.2) is 10.8 Å². The van der Waals surface area contributed by atoms with Crippen molar-refractivity contribution in [2.45, 2.75) is 26.8 Å². The normalized spacial score (nSPS) is 11.2. The van der Waals surface area contributed by atoms with Crippen LogP contribution in [0.4, 0.5) is 5.69 Å². The Bertz CT molecular complexity index is 1290. The molecule has 0 amide bonds. The first-order valence-corrected chi connectivity index (χ1v) is 9.95. The van der Waals surface area contributed by atoms with Gasteiger partial charge in [0.05, 0.1) is 28.3 Å². The van der Waals surface area contributed by atoms with Crippen LogP contribution < -0.4 is 4.74 Å². The average Bonchev–Trinajstić information content (AvgIpc) is 3.22. The second-order valence-electron chi connectivity index (χ2n) is 6.61. The van der Waals surface area contributed by atoms with Gasteiger partial charge in [-0.15, -0.1) is 5.10 Å². The lowest BCUT2D eigenvalue weighted by molar-refractivity contribution is -0.386. The molecular formula is C18H16Cl2N8O3. The number of nitro groups is 1. The third-order valence-electron chi connectivity index (χ3n) is 4.61. The zero-order valence-corrected chi connectivity index (χ0v) is 18.0. The summed E-state index contributed by atoms with van der Waals surface area (Å²) in [5, 5.41) is 21.1. The number of aromatic nitrogens is 7. The maximum absolute atomic E-state index is 11.6. The molecule has 0 bridgehead atoms. The van der Waals surface area contributed by atoms with Crippen LogP contribution in [0.5, 0.6) is 5.88 Å². The van der Waals surface area contributed by atoms with E-state index in [1.54, 1.807) is 36.9 Å². The molecule has 0 aliphatic heterocycles. The molecule has 0 aromatic carbocycles. The number of halogens is 2. The molecular weight excluding hydrogens is 447 g/mol. The van der Waals surface area contributed by atoms with E-state index in [-0.39, 0.29) is 28.6 Å². The van der Waals surface area contributed by atoms with E-state index in [1.807, 2.05) is 0 Å². The molecule has 4 rings (SSSR count). The van der Waals surface area contributed by atoms with Crippen LogP contribution in [0.25, 0.3) is 16.7 Å². The van der Waals surface area contributed by atoms with E-state index in [4.69, 9.17) is 27.9 Å². The number of hydrogen-bond donors (Lipinski definition) is 0. The summed E-state index contributed by atoms with van der Waals surface area (Å²) in [4.78, 5) is 23.4. The Morgan fingerprint density at radius 3 is 2.77 bits per heavy atom. The van der Waals surface area contributed by atoms with Gasteiger partial charge in [0, 0.05) is 25.4 Å². The Balaban J connectivity index is 1.52. The number of fused-ring (bicyclic) bond motifs is 1. The highest BCUT2D eigenvalue weighted by Crippen LogP contribution is 2.32. The Labute approximate surface area is 185 Å². The van der Waals surface area contributed by atoms with Gasteiger partial charge in [0.25, 0.3) is 0 Å². The van der Waals surface area contributed by atoms with Crippen molar-refractivity contribution < 1.29 is 9.66 Å². The Hall–Kier alpha value is -3.31. The Morgan fingerprint density at radius 2 is 2.03 bits per heavy atom. The first kappa shape index (κ1) is 20.9. The molecule has 0 aliphatic rings. The molecule has 0 fully saturated rings. The first-order valence-electron chi connectivity index (χ1n) is 9.20. The highest BCUT2D eigenvalue weighted by atomic mass is 35.5. The fourth-order valence-corrected chi connectivity index (χ4v) is 3.50. The zero-order chi connectivity index (χ0) is 22.1. The van der Waals surface area contributed by atoms with Crippen molar-refractivity contribution in [1.29, 1.82) is 0 Å². The molecule has 31 heavy (non-hydrogen) atoms. The molecule has 0 N–H and O–H groups in total. The van der Waals surface area contributed by atoms with Gasteiger partial charge in [-0.3, -0.25) is 15.1 Å². The SMILES string of the molecule is Cc1ncccc1-n1nc(OCCCn2nc(Cl)c3cnc(Cl)nc32)c([N+](=O)[O-])c1C. The van der Waals surface area contributed by atoms with Crippen molar-refractivity contribution >= 4 is 39.9 Å². The van der Waals surface area contributed by atoms with Crippen molar-refractivity contribution in [2.75, 3.05) is 6.61 Å². The summed E-state index contributed by atoms with van der Waals surface area (Å²) in [5.41, 5.74) is 2.01. The molecule has 0 unspecified atom stereocenters. The molecule has 0 aliphatic carbocycles. The van der Waals surface area contributed by atoms with Crippen LogP contribution in [0.2, 0.25) is 10.4 Å². The van der Waals surface area contributed by atoms with Crippen molar-refractivity contribution in [3.63, 3.8) is 0 Å². The van der Waals surface area contributed by atoms with Crippen molar-refractivity contribution in [3.05, 3.63) is 56.5 Å². The minimum Gasteiger partial charge on any atom is -0.472 e. The zero-order valence-electron chi connectivity index (χ0n) is 16.5. The molecule has 0 spiro atoms. The van der Waals surface area contributed by atoms with Gasteiger partial charge in [-0.2, -0.15) is 10.1 Å². The van der Waals surface area contributed by atoms with Crippen LogP contribution in [0, 0.1) is 24.0 Å². The third kappa shape index (κ3) is 4.01. The maximum Gasteiger partial charge on any atom is 0.353 e. The second kappa shape index (κ2) is 8.44. The molecule has 0 radical (unpaired) electrons. The summed E-state index contributed by atoms with van der Waals surface area (Å²) in [6, 6.07) is 3.53. The number of aryl methyl sites for hydroxylation is 2. The molecule has 4 heterocycles. The summed E-state index contributed by atoms with van der Waals surface area (Å²) in [5.74, 6) is -0.0560. The number of pyridine rings is 1. The largest absolute Gasteiger partial charge is 0.472 e. The van der Waals surface area contributed by atoms with Crippen molar-refractivity contribution in [1.82, 2.24) is 34.5 Å². The van der Waals surface area contributed by atoms with E-state index in [2.05, 4.69) is 25.1 Å². The smallest absolute Gasteiger partial charge is 0.353 e. The van der Waals surface area contributed by atoms with E-state index in [0.29, 0.717) is 41.1 Å². The molecule has 4 aromatic heterocycles. The summed E-state index contributed by atoms with van der Waals surface area (Å²) >= 11 is 12.0. The molecule has 4 aromatic rings. The number of rotatable bonds is 7. The van der Waals surface area contributed by atoms with Gasteiger partial charge in [0.1, 0.15) is 5.69 Å². The predicted octanol–water partition coefficient (Wildman–Crippen LogP) is 3.71. The summed E-state index contributed by atoms with van der Waals surface area (Å²) in [6.07, 6.45) is 3.63. The highest BCUT2D eigenvalue weighted by molar-refractivity contribution is 6.34. The molecule has 160 valence electrons. The topological polar surface area (TPSA) is 127 Å². The first-order chi connectivity index (χ1) is 14.9. The average molecular weight is 463 g/mol. The molecule has 13 heteroatoms. The van der Waals surface area contributed by atoms with E-state index in [9.17, 15) is 10.1 Å². The summed E-state index contributed by atoms with van der Waals surface area (Å²) in [6.45, 7) is 4.00. The summed E-state index contributed by atoms with van der Waals surface area (Å²) in [7, 11) is 0. The standard InChI is InChI=1S/C18H16Cl2N8O3/c1-10-13(5-3-6-21-10)27-11(2)14(28(29)30)17(25-27)31-8-4-7-26-16-12(15(19)24-26)9-22-18(20)23-16/h3,5-6,9H,4,7-8H2,1-2H3. The lowest BCUT2D eigenvalue weighted by Gasteiger charge is -2.05. The third-order valence-corrected chi connectivity index (χ3v) is 5.07. The minimum absolute atomic E-state index is 0.0560. The minimum atomic E-state index is -0.500. The monoisotopic (exact) mass is 462 g/mol. The van der Waals surface area contributed by atoms with Gasteiger partial charge in [-0.25, -0.2) is 14.3 Å². The Morgan fingerprint density at radius 1 is 1.23 bits per heavy atom. The van der Waals surface area contributed by atoms with Crippen LogP contribution in [-0.4, -0.2) is 46.0 Å². The lowest BCUT2D eigenvalue weighted by atomic mass is 10.3. The predicted molar refractivity (Wildman–Crippen MR) is 113 cm³/mol. The molecule has 0 saturated carbocycles. The number of ether oxygens (including phenoxy) is 1. The van der Waals surface area contributed by atoms with Crippen LogP contribution in [0.3, 0.4) is 0 Å². The number of hydrogen-bond acceptors (Lipinski definition) is 8. The maximum atomic E-state index is 11.6. The fraction of sp³-hybridized carbons (Fsp3) is 0.278. The summed E-state index contributed by atoms with van der Waals surface area (Å²) < 4.78 is 8.72. The quantitative estimate of drug-likeness (QED) is 0.176. The lowest BCUT2D eigenvalue weighted by Crippen LogP contribution is -2.07. The van der Waals surface area contributed by atoms with Gasteiger partial charge >= 0.3 is 11.6 Å². The van der Waals surface area contributed by atoms with E-state index in [1.165, 1.54) is 10.9 Å². The highest BCUT2D eigenvalue weighted by Gasteiger charge is 2.28. The van der Waals surface area contributed by atoms with Gasteiger partial charge < -0.3 is 4.74 Å². The van der Waals surface area contributed by atoms with Crippen LogP contribution in [0.15, 0.2) is 24.5 Å². The van der Waals surface area contributed by atoms with E-state index < -0.39 is 4.92 Å². The van der Waals surface area contributed by atoms with Crippen LogP contribution in [-0.2, 0) is 6.54 Å². The van der Waals surface area contributed by atoms with Crippen molar-refractivity contribution in [3.8, 4) is 11.6 Å². The van der Waals surface area contributed by atoms with Gasteiger partial charge in [-0.05, 0) is 37.6 Å². The van der Waals surface area contributed by atoms with Crippen LogP contribution >= 0.6 is 23.2 Å². The van der Waals surface area contributed by atoms with Gasteiger partial charge in [0.2, 0.25) is 5.28 Å².